The Hall–Kier alpha value is -0.990. The molecule has 0 aromatic heterocycles. The molecule has 0 saturated heterocycles. The van der Waals surface area contributed by atoms with E-state index < -0.39 is 0 Å². The van der Waals surface area contributed by atoms with Gasteiger partial charge in [0.2, 0.25) is 5.91 Å². The molecule has 1 saturated carbocycles. The van der Waals surface area contributed by atoms with Crippen molar-refractivity contribution >= 4 is 5.91 Å². The summed E-state index contributed by atoms with van der Waals surface area (Å²) in [7, 11) is 1.56. The van der Waals surface area contributed by atoms with E-state index in [-0.39, 0.29) is 5.91 Å². The fourth-order valence-corrected chi connectivity index (χ4v) is 1.56. The molecule has 0 aromatic carbocycles. The number of rotatable bonds is 3. The van der Waals surface area contributed by atoms with E-state index in [2.05, 4.69) is 5.32 Å². The molecule has 0 unspecified atom stereocenters. The van der Waals surface area contributed by atoms with E-state index in [1.807, 2.05) is 0 Å². The SMILES string of the molecule is COC(C)=CC(=O)NC1CCCC1. The van der Waals surface area contributed by atoms with Crippen molar-refractivity contribution in [3.05, 3.63) is 11.8 Å². The van der Waals surface area contributed by atoms with E-state index in [4.69, 9.17) is 4.74 Å². The van der Waals surface area contributed by atoms with Crippen molar-refractivity contribution in [2.45, 2.75) is 38.6 Å². The predicted octanol–water partition coefficient (Wildman–Crippen LogP) is 1.60. The number of carbonyl (C=O) groups is 1. The van der Waals surface area contributed by atoms with Gasteiger partial charge in [0.15, 0.2) is 0 Å². The van der Waals surface area contributed by atoms with Crippen LogP contribution in [0.1, 0.15) is 32.6 Å². The van der Waals surface area contributed by atoms with Gasteiger partial charge in [0, 0.05) is 12.1 Å². The number of allylic oxidation sites excluding steroid dienone is 1. The molecule has 74 valence electrons. The van der Waals surface area contributed by atoms with E-state index in [0.717, 1.165) is 12.8 Å². The average Bonchev–Trinajstić information content (AvgIpc) is 2.56. The molecule has 0 aromatic rings. The quantitative estimate of drug-likeness (QED) is 0.533. The van der Waals surface area contributed by atoms with Crippen LogP contribution in [0.5, 0.6) is 0 Å². The number of carbonyl (C=O) groups excluding carboxylic acids is 1. The topological polar surface area (TPSA) is 38.3 Å². The van der Waals surface area contributed by atoms with Crippen molar-refractivity contribution in [1.82, 2.24) is 5.32 Å². The van der Waals surface area contributed by atoms with E-state index in [1.165, 1.54) is 18.9 Å². The second kappa shape index (κ2) is 4.90. The Balaban J connectivity index is 2.32. The Kier molecular flexibility index (Phi) is 3.80. The first-order chi connectivity index (χ1) is 6.22. The first-order valence-corrected chi connectivity index (χ1v) is 4.75. The highest BCUT2D eigenvalue weighted by atomic mass is 16.5. The summed E-state index contributed by atoms with van der Waals surface area (Å²) in [5.41, 5.74) is 0. The van der Waals surface area contributed by atoms with Crippen LogP contribution < -0.4 is 5.32 Å². The zero-order chi connectivity index (χ0) is 9.68. The Morgan fingerprint density at radius 1 is 1.46 bits per heavy atom. The van der Waals surface area contributed by atoms with Gasteiger partial charge in [-0.1, -0.05) is 12.8 Å². The van der Waals surface area contributed by atoms with Crippen LogP contribution in [-0.4, -0.2) is 19.1 Å². The van der Waals surface area contributed by atoms with Gasteiger partial charge in [0.1, 0.15) is 0 Å². The number of hydrogen-bond acceptors (Lipinski definition) is 2. The molecule has 1 rings (SSSR count). The molecule has 13 heavy (non-hydrogen) atoms. The molecule has 3 heteroatoms. The maximum atomic E-state index is 11.3. The predicted molar refractivity (Wildman–Crippen MR) is 51.2 cm³/mol. The number of ether oxygens (including phenoxy) is 1. The molecule has 0 aliphatic heterocycles. The van der Waals surface area contributed by atoms with Crippen molar-refractivity contribution in [3.8, 4) is 0 Å². The van der Waals surface area contributed by atoms with Crippen LogP contribution in [0.25, 0.3) is 0 Å². The zero-order valence-corrected chi connectivity index (χ0v) is 8.30. The minimum Gasteiger partial charge on any atom is -0.501 e. The number of amides is 1. The van der Waals surface area contributed by atoms with Gasteiger partial charge in [0.25, 0.3) is 0 Å². The minimum absolute atomic E-state index is 0.0359. The van der Waals surface area contributed by atoms with Gasteiger partial charge in [-0.25, -0.2) is 0 Å². The van der Waals surface area contributed by atoms with E-state index >= 15 is 0 Å². The molecular weight excluding hydrogens is 166 g/mol. The highest BCUT2D eigenvalue weighted by Gasteiger charge is 2.15. The van der Waals surface area contributed by atoms with E-state index in [0.29, 0.717) is 11.8 Å². The lowest BCUT2D eigenvalue weighted by molar-refractivity contribution is -0.117. The summed E-state index contributed by atoms with van der Waals surface area (Å²) < 4.78 is 4.89. The van der Waals surface area contributed by atoms with Gasteiger partial charge >= 0.3 is 0 Å². The normalized spacial score (nSPS) is 18.8. The molecule has 0 spiro atoms. The monoisotopic (exact) mass is 183 g/mol. The minimum atomic E-state index is -0.0359. The van der Waals surface area contributed by atoms with Gasteiger partial charge in [-0.3, -0.25) is 4.79 Å². The first kappa shape index (κ1) is 10.1. The van der Waals surface area contributed by atoms with Crippen LogP contribution >= 0.6 is 0 Å². The van der Waals surface area contributed by atoms with Crippen molar-refractivity contribution < 1.29 is 9.53 Å². The summed E-state index contributed by atoms with van der Waals surface area (Å²) in [6, 6.07) is 0.383. The highest BCUT2D eigenvalue weighted by molar-refractivity contribution is 5.88. The molecule has 3 nitrogen and oxygen atoms in total. The molecule has 1 fully saturated rings. The molecule has 0 radical (unpaired) electrons. The average molecular weight is 183 g/mol. The smallest absolute Gasteiger partial charge is 0.247 e. The van der Waals surface area contributed by atoms with Crippen LogP contribution in [0.2, 0.25) is 0 Å². The lowest BCUT2D eigenvalue weighted by atomic mass is 10.2. The number of methoxy groups -OCH3 is 1. The van der Waals surface area contributed by atoms with Crippen LogP contribution in [0.15, 0.2) is 11.8 Å². The van der Waals surface area contributed by atoms with Gasteiger partial charge in [-0.15, -0.1) is 0 Å². The molecule has 1 N–H and O–H groups in total. The Labute approximate surface area is 79.2 Å². The Morgan fingerprint density at radius 3 is 2.62 bits per heavy atom. The van der Waals surface area contributed by atoms with Gasteiger partial charge in [-0.05, 0) is 19.8 Å². The zero-order valence-electron chi connectivity index (χ0n) is 8.30. The second-order valence-corrected chi connectivity index (χ2v) is 3.45. The molecular formula is C10H17NO2. The molecule has 0 bridgehead atoms. The van der Waals surface area contributed by atoms with Crippen LogP contribution in [0, 0.1) is 0 Å². The Morgan fingerprint density at radius 2 is 2.08 bits per heavy atom. The fraction of sp³-hybridized carbons (Fsp3) is 0.700. The summed E-state index contributed by atoms with van der Waals surface area (Å²) >= 11 is 0. The van der Waals surface area contributed by atoms with Crippen LogP contribution in [0.3, 0.4) is 0 Å². The third-order valence-electron chi connectivity index (χ3n) is 2.36. The second-order valence-electron chi connectivity index (χ2n) is 3.45. The molecule has 1 aliphatic rings. The summed E-state index contributed by atoms with van der Waals surface area (Å²) in [6.45, 7) is 1.77. The number of nitrogens with one attached hydrogen (secondary N) is 1. The summed E-state index contributed by atoms with van der Waals surface area (Å²) in [5, 5.41) is 2.95. The van der Waals surface area contributed by atoms with Gasteiger partial charge in [-0.2, -0.15) is 0 Å². The molecule has 1 amide bonds. The Bertz CT molecular complexity index is 205. The standard InChI is InChI=1S/C10H17NO2/c1-8(13-2)7-10(12)11-9-5-3-4-6-9/h7,9H,3-6H2,1-2H3,(H,11,12). The van der Waals surface area contributed by atoms with Crippen molar-refractivity contribution in [1.29, 1.82) is 0 Å². The van der Waals surface area contributed by atoms with Gasteiger partial charge in [0.05, 0.1) is 12.9 Å². The van der Waals surface area contributed by atoms with E-state index in [9.17, 15) is 4.79 Å². The van der Waals surface area contributed by atoms with Crippen LogP contribution in [0.4, 0.5) is 0 Å². The number of hydrogen-bond donors (Lipinski definition) is 1. The molecule has 0 heterocycles. The maximum absolute atomic E-state index is 11.3. The van der Waals surface area contributed by atoms with Crippen molar-refractivity contribution in [2.24, 2.45) is 0 Å². The summed E-state index contributed by atoms with van der Waals surface area (Å²) in [5.74, 6) is 0.613. The van der Waals surface area contributed by atoms with Crippen molar-refractivity contribution in [2.75, 3.05) is 7.11 Å². The van der Waals surface area contributed by atoms with Crippen molar-refractivity contribution in [3.63, 3.8) is 0 Å². The molecule has 1 aliphatic carbocycles. The lowest BCUT2D eigenvalue weighted by Crippen LogP contribution is -2.31. The lowest BCUT2D eigenvalue weighted by Gasteiger charge is -2.09. The maximum Gasteiger partial charge on any atom is 0.247 e. The highest BCUT2D eigenvalue weighted by Crippen LogP contribution is 2.17. The third kappa shape index (κ3) is 3.49. The largest absolute Gasteiger partial charge is 0.501 e. The fourth-order valence-electron chi connectivity index (χ4n) is 1.56. The van der Waals surface area contributed by atoms with Gasteiger partial charge < -0.3 is 10.1 Å². The molecule has 0 atom stereocenters. The summed E-state index contributed by atoms with van der Waals surface area (Å²) in [4.78, 5) is 11.3. The third-order valence-corrected chi connectivity index (χ3v) is 2.36. The van der Waals surface area contributed by atoms with E-state index in [1.54, 1.807) is 14.0 Å². The summed E-state index contributed by atoms with van der Waals surface area (Å²) in [6.07, 6.45) is 6.20. The first-order valence-electron chi connectivity index (χ1n) is 4.75. The van der Waals surface area contributed by atoms with Crippen LogP contribution in [-0.2, 0) is 9.53 Å².